The molecule has 0 radical (unpaired) electrons. The quantitative estimate of drug-likeness (QED) is 0.413. The first-order chi connectivity index (χ1) is 16.1. The molecule has 2 heterocycles. The molecule has 33 heavy (non-hydrogen) atoms. The average molecular weight is 435 g/mol. The number of halogens is 1. The lowest BCUT2D eigenvalue weighted by Crippen LogP contribution is -2.23. The van der Waals surface area contributed by atoms with Crippen LogP contribution in [-0.4, -0.2) is 19.1 Å². The van der Waals surface area contributed by atoms with Crippen molar-refractivity contribution in [1.29, 1.82) is 0 Å². The van der Waals surface area contributed by atoms with E-state index in [9.17, 15) is 9.18 Å². The van der Waals surface area contributed by atoms with Crippen molar-refractivity contribution in [1.82, 2.24) is 19.1 Å². The summed E-state index contributed by atoms with van der Waals surface area (Å²) in [5, 5.41) is 4.04. The molecule has 0 unspecified atom stereocenters. The summed E-state index contributed by atoms with van der Waals surface area (Å²) in [6.07, 6.45) is 10.4. The van der Waals surface area contributed by atoms with E-state index in [1.54, 1.807) is 24.5 Å². The molecule has 0 aliphatic rings. The second kappa shape index (κ2) is 8.44. The van der Waals surface area contributed by atoms with Gasteiger partial charge in [-0.1, -0.05) is 24.1 Å². The maximum absolute atomic E-state index is 13.5. The molecule has 0 bridgehead atoms. The Hall–Kier alpha value is -4.70. The van der Waals surface area contributed by atoms with Gasteiger partial charge in [0.2, 0.25) is 0 Å². The van der Waals surface area contributed by atoms with Crippen LogP contribution in [0.25, 0.3) is 16.6 Å². The fourth-order valence-electron chi connectivity index (χ4n) is 3.68. The van der Waals surface area contributed by atoms with E-state index >= 15 is 0 Å². The number of terminal acetylenes is 1. The van der Waals surface area contributed by atoms with Gasteiger partial charge in [-0.3, -0.25) is 9.13 Å². The van der Waals surface area contributed by atoms with Crippen LogP contribution in [-0.2, 0) is 6.54 Å². The van der Waals surface area contributed by atoms with Crippen LogP contribution in [0.5, 0.6) is 0 Å². The van der Waals surface area contributed by atoms with Crippen molar-refractivity contribution in [2.24, 2.45) is 0 Å². The van der Waals surface area contributed by atoms with Crippen molar-refractivity contribution in [2.45, 2.75) is 6.54 Å². The Morgan fingerprint density at radius 2 is 1.88 bits per heavy atom. The second-order valence-corrected chi connectivity index (χ2v) is 7.48. The maximum Gasteiger partial charge on any atom is 0.333 e. The Kier molecular flexibility index (Phi) is 5.17. The van der Waals surface area contributed by atoms with E-state index in [2.05, 4.69) is 21.2 Å². The average Bonchev–Trinajstić information content (AvgIpc) is 3.19. The van der Waals surface area contributed by atoms with Crippen LogP contribution in [0.4, 0.5) is 15.9 Å². The summed E-state index contributed by atoms with van der Waals surface area (Å²) in [6.45, 7) is 0.276. The Morgan fingerprint density at radius 1 is 1.00 bits per heavy atom. The van der Waals surface area contributed by atoms with Gasteiger partial charge in [-0.25, -0.2) is 19.2 Å². The fourth-order valence-corrected chi connectivity index (χ4v) is 3.68. The number of benzene rings is 3. The van der Waals surface area contributed by atoms with Gasteiger partial charge in [0, 0.05) is 29.0 Å². The lowest BCUT2D eigenvalue weighted by molar-refractivity contribution is 0.622. The molecule has 0 saturated heterocycles. The highest BCUT2D eigenvalue weighted by molar-refractivity contribution is 5.92. The molecule has 5 aromatic rings. The molecule has 6 nitrogen and oxygen atoms in total. The number of aromatic nitrogens is 4. The van der Waals surface area contributed by atoms with Crippen LogP contribution in [0.1, 0.15) is 11.1 Å². The van der Waals surface area contributed by atoms with Crippen LogP contribution in [0, 0.1) is 18.2 Å². The van der Waals surface area contributed by atoms with E-state index in [-0.39, 0.29) is 18.1 Å². The van der Waals surface area contributed by atoms with E-state index in [1.807, 2.05) is 42.5 Å². The standard InChI is InChI=1S/C26H18FN5O/c1-2-18-5-4-8-21(14-18)30-25-23-15-22(9-10-24(23)28-17-29-25)32-12-11-31(26(32)33)16-19-6-3-7-20(27)13-19/h1,3-15,17H,16H2,(H,28,29,30). The van der Waals surface area contributed by atoms with Crippen LogP contribution in [0.2, 0.25) is 0 Å². The van der Waals surface area contributed by atoms with Crippen LogP contribution in [0.15, 0.2) is 90.2 Å². The first-order valence-corrected chi connectivity index (χ1v) is 10.2. The third-order valence-electron chi connectivity index (χ3n) is 5.28. The second-order valence-electron chi connectivity index (χ2n) is 7.48. The number of fused-ring (bicyclic) bond motifs is 1. The van der Waals surface area contributed by atoms with Gasteiger partial charge in [-0.05, 0) is 54.1 Å². The van der Waals surface area contributed by atoms with Crippen LogP contribution in [0.3, 0.4) is 0 Å². The zero-order valence-electron chi connectivity index (χ0n) is 17.4. The van der Waals surface area contributed by atoms with Crippen molar-refractivity contribution < 1.29 is 4.39 Å². The Bertz CT molecular complexity index is 1580. The van der Waals surface area contributed by atoms with E-state index in [1.165, 1.54) is 27.6 Å². The van der Waals surface area contributed by atoms with Crippen LogP contribution < -0.4 is 11.0 Å². The van der Waals surface area contributed by atoms with Gasteiger partial charge in [0.05, 0.1) is 17.7 Å². The summed E-state index contributed by atoms with van der Waals surface area (Å²) >= 11 is 0. The molecule has 2 aromatic heterocycles. The summed E-state index contributed by atoms with van der Waals surface area (Å²) in [5.41, 5.74) is 3.44. The molecule has 0 saturated carbocycles. The zero-order chi connectivity index (χ0) is 22.8. The maximum atomic E-state index is 13.5. The van der Waals surface area contributed by atoms with Crippen molar-refractivity contribution in [2.75, 3.05) is 5.32 Å². The highest BCUT2D eigenvalue weighted by Crippen LogP contribution is 2.25. The van der Waals surface area contributed by atoms with Crippen molar-refractivity contribution in [3.8, 4) is 18.0 Å². The van der Waals surface area contributed by atoms with E-state index in [0.717, 1.165) is 22.2 Å². The molecule has 5 rings (SSSR count). The third-order valence-corrected chi connectivity index (χ3v) is 5.28. The highest BCUT2D eigenvalue weighted by atomic mass is 19.1. The lowest BCUT2D eigenvalue weighted by Gasteiger charge is -2.10. The third kappa shape index (κ3) is 4.10. The largest absolute Gasteiger partial charge is 0.340 e. The summed E-state index contributed by atoms with van der Waals surface area (Å²) in [5.74, 6) is 2.88. The molecule has 3 aromatic carbocycles. The van der Waals surface area contributed by atoms with Crippen molar-refractivity contribution in [3.05, 3.63) is 113 Å². The fraction of sp³-hybridized carbons (Fsp3) is 0.0385. The predicted octanol–water partition coefficient (Wildman–Crippen LogP) is 4.49. The predicted molar refractivity (Wildman–Crippen MR) is 126 cm³/mol. The minimum atomic E-state index is -0.331. The Morgan fingerprint density at radius 3 is 2.73 bits per heavy atom. The zero-order valence-corrected chi connectivity index (χ0v) is 17.4. The van der Waals surface area contributed by atoms with E-state index in [4.69, 9.17) is 6.42 Å². The Balaban J connectivity index is 1.51. The van der Waals surface area contributed by atoms with Crippen molar-refractivity contribution >= 4 is 22.4 Å². The van der Waals surface area contributed by atoms with E-state index < -0.39 is 0 Å². The number of nitrogens with zero attached hydrogens (tertiary/aromatic N) is 4. The van der Waals surface area contributed by atoms with Gasteiger partial charge in [0.25, 0.3) is 0 Å². The number of anilines is 2. The number of imidazole rings is 1. The summed E-state index contributed by atoms with van der Waals surface area (Å²) in [7, 11) is 0. The SMILES string of the molecule is C#Cc1cccc(Nc2ncnc3ccc(-n4ccn(Cc5cccc(F)c5)c4=O)cc23)c1. The van der Waals surface area contributed by atoms with Gasteiger partial charge >= 0.3 is 5.69 Å². The van der Waals surface area contributed by atoms with Gasteiger partial charge in [0.15, 0.2) is 0 Å². The van der Waals surface area contributed by atoms with Gasteiger partial charge in [-0.15, -0.1) is 6.42 Å². The Labute approximate surface area is 189 Å². The van der Waals surface area contributed by atoms with Crippen LogP contribution >= 0.6 is 0 Å². The number of rotatable bonds is 5. The lowest BCUT2D eigenvalue weighted by atomic mass is 10.2. The molecule has 7 heteroatoms. The highest BCUT2D eigenvalue weighted by Gasteiger charge is 2.10. The molecular weight excluding hydrogens is 417 g/mol. The minimum Gasteiger partial charge on any atom is -0.340 e. The number of nitrogens with one attached hydrogen (secondary N) is 1. The normalized spacial score (nSPS) is 10.8. The summed E-state index contributed by atoms with van der Waals surface area (Å²) in [6, 6.07) is 19.2. The number of hydrogen-bond acceptors (Lipinski definition) is 4. The molecule has 0 aliphatic carbocycles. The van der Waals surface area contributed by atoms with Gasteiger partial charge < -0.3 is 5.32 Å². The van der Waals surface area contributed by atoms with Gasteiger partial charge in [0.1, 0.15) is 18.0 Å². The monoisotopic (exact) mass is 435 g/mol. The molecule has 0 atom stereocenters. The summed E-state index contributed by atoms with van der Waals surface area (Å²) < 4.78 is 16.6. The first-order valence-electron chi connectivity index (χ1n) is 10.2. The molecule has 1 N–H and O–H groups in total. The molecule has 0 spiro atoms. The molecule has 0 amide bonds. The minimum absolute atomic E-state index is 0.230. The smallest absolute Gasteiger partial charge is 0.333 e. The topological polar surface area (TPSA) is 64.7 Å². The molecular formula is C26H18FN5O. The van der Waals surface area contributed by atoms with E-state index in [0.29, 0.717) is 17.1 Å². The van der Waals surface area contributed by atoms with Crippen molar-refractivity contribution in [3.63, 3.8) is 0 Å². The molecule has 0 fully saturated rings. The molecule has 160 valence electrons. The molecule has 0 aliphatic heterocycles. The van der Waals surface area contributed by atoms with Gasteiger partial charge in [-0.2, -0.15) is 0 Å². The summed E-state index contributed by atoms with van der Waals surface area (Å²) in [4.78, 5) is 21.7. The first kappa shape index (κ1) is 20.2. The number of hydrogen-bond donors (Lipinski definition) is 1.